The first-order valence-electron chi connectivity index (χ1n) is 5.88. The number of nitrogens with zero attached hydrogens (tertiary/aromatic N) is 2. The molecule has 0 amide bonds. The maximum absolute atomic E-state index is 12.5. The number of methoxy groups -OCH3 is 1. The smallest absolute Gasteiger partial charge is 0.328 e. The van der Waals surface area contributed by atoms with Gasteiger partial charge in [-0.25, -0.2) is 9.78 Å². The van der Waals surface area contributed by atoms with Crippen molar-refractivity contribution in [1.29, 1.82) is 0 Å². The van der Waals surface area contributed by atoms with E-state index in [1.807, 2.05) is 0 Å². The molecule has 0 bridgehead atoms. The molecule has 0 saturated heterocycles. The van der Waals surface area contributed by atoms with E-state index in [4.69, 9.17) is 5.11 Å². The van der Waals surface area contributed by atoms with Crippen LogP contribution >= 0.6 is 23.1 Å². The summed E-state index contributed by atoms with van der Waals surface area (Å²) >= 11 is 2.12. The van der Waals surface area contributed by atoms with Gasteiger partial charge in [0.1, 0.15) is 10.7 Å². The van der Waals surface area contributed by atoms with Gasteiger partial charge in [-0.2, -0.15) is 0 Å². The summed E-state index contributed by atoms with van der Waals surface area (Å²) in [6, 6.07) is 0.803. The van der Waals surface area contributed by atoms with Crippen molar-refractivity contribution in [3.05, 3.63) is 21.8 Å². The predicted molar refractivity (Wildman–Crippen MR) is 79.0 cm³/mol. The molecule has 1 atom stereocenters. The van der Waals surface area contributed by atoms with Gasteiger partial charge < -0.3 is 9.84 Å². The molecule has 2 rings (SSSR count). The average molecular weight is 328 g/mol. The van der Waals surface area contributed by atoms with E-state index in [9.17, 15) is 14.4 Å². The topological polar surface area (TPSA) is 98.5 Å². The number of carboxylic acid groups (broad SMARTS) is 1. The van der Waals surface area contributed by atoms with Crippen LogP contribution < -0.4 is 5.56 Å². The van der Waals surface area contributed by atoms with Crippen molar-refractivity contribution in [1.82, 2.24) is 9.55 Å². The van der Waals surface area contributed by atoms with Crippen molar-refractivity contribution >= 4 is 45.3 Å². The van der Waals surface area contributed by atoms with Gasteiger partial charge in [-0.3, -0.25) is 14.2 Å². The summed E-state index contributed by atoms with van der Waals surface area (Å²) in [5, 5.41) is 10.7. The number of carbonyl (C=O) groups excluding carboxylic acids is 1. The lowest BCUT2D eigenvalue weighted by Crippen LogP contribution is -2.30. The molecule has 2 heterocycles. The van der Waals surface area contributed by atoms with Gasteiger partial charge in [-0.15, -0.1) is 11.3 Å². The van der Waals surface area contributed by atoms with E-state index in [2.05, 4.69) is 9.72 Å². The molecule has 0 aliphatic carbocycles. The molecule has 2 aromatic heterocycles. The number of hydrogen-bond acceptors (Lipinski definition) is 7. The van der Waals surface area contributed by atoms with Gasteiger partial charge in [0.15, 0.2) is 5.16 Å². The van der Waals surface area contributed by atoms with E-state index in [-0.39, 0.29) is 16.5 Å². The normalized spacial score (nSPS) is 12.3. The molecule has 9 heteroatoms. The predicted octanol–water partition coefficient (Wildman–Crippen LogP) is 1.37. The maximum atomic E-state index is 12.5. The van der Waals surface area contributed by atoms with E-state index in [0.29, 0.717) is 10.2 Å². The number of aromatic nitrogens is 2. The molecular formula is C12H12N2O5S2. The largest absolute Gasteiger partial charge is 0.481 e. The Morgan fingerprint density at radius 1 is 1.57 bits per heavy atom. The fraction of sp³-hybridized carbons (Fsp3) is 0.333. The van der Waals surface area contributed by atoms with E-state index in [1.54, 1.807) is 11.4 Å². The summed E-state index contributed by atoms with van der Waals surface area (Å²) in [6.45, 7) is 1.51. The molecular weight excluding hydrogens is 316 g/mol. The van der Waals surface area contributed by atoms with Crippen molar-refractivity contribution in [2.24, 2.45) is 0 Å². The Hall–Kier alpha value is -1.87. The summed E-state index contributed by atoms with van der Waals surface area (Å²) < 4.78 is 6.25. The number of fused-ring (bicyclic) bond motifs is 1. The fourth-order valence-electron chi connectivity index (χ4n) is 1.75. The van der Waals surface area contributed by atoms with Crippen molar-refractivity contribution in [3.8, 4) is 0 Å². The van der Waals surface area contributed by atoms with Gasteiger partial charge in [-0.05, 0) is 18.4 Å². The van der Waals surface area contributed by atoms with Crippen LogP contribution in [0.25, 0.3) is 10.2 Å². The van der Waals surface area contributed by atoms with Crippen molar-refractivity contribution < 1.29 is 19.4 Å². The van der Waals surface area contributed by atoms with Crippen molar-refractivity contribution in [2.75, 3.05) is 12.9 Å². The standard InChI is InChI=1S/C12H12N2O5S2/c1-6(11(18)19-2)14-10(17)9-7(3-4-20-9)13-12(14)21-5-8(15)16/h3-4,6H,5H2,1-2H3,(H,15,16). The third-order valence-corrected chi connectivity index (χ3v) is 4.56. The third kappa shape index (κ3) is 3.08. The van der Waals surface area contributed by atoms with Crippen LogP contribution in [0.1, 0.15) is 13.0 Å². The lowest BCUT2D eigenvalue weighted by Gasteiger charge is -2.16. The zero-order chi connectivity index (χ0) is 15.6. The number of carboxylic acids is 1. The fourth-order valence-corrected chi connectivity index (χ4v) is 3.31. The van der Waals surface area contributed by atoms with Gasteiger partial charge >= 0.3 is 11.9 Å². The zero-order valence-electron chi connectivity index (χ0n) is 11.2. The zero-order valence-corrected chi connectivity index (χ0v) is 12.9. The number of thiophene rings is 1. The Labute approximate surface area is 127 Å². The van der Waals surface area contributed by atoms with Crippen LogP contribution in [0.2, 0.25) is 0 Å². The minimum absolute atomic E-state index is 0.186. The molecule has 0 fully saturated rings. The van der Waals surface area contributed by atoms with Crippen LogP contribution in [0.15, 0.2) is 21.4 Å². The number of thioether (sulfide) groups is 1. The quantitative estimate of drug-likeness (QED) is 0.503. The van der Waals surface area contributed by atoms with Gasteiger partial charge in [0.25, 0.3) is 5.56 Å². The molecule has 0 aliphatic heterocycles. The first-order chi connectivity index (χ1) is 9.95. The summed E-state index contributed by atoms with van der Waals surface area (Å²) in [4.78, 5) is 39.2. The molecule has 7 nitrogen and oxygen atoms in total. The first kappa shape index (κ1) is 15.5. The van der Waals surface area contributed by atoms with Crippen LogP contribution in [-0.4, -0.2) is 39.5 Å². The molecule has 2 aromatic rings. The van der Waals surface area contributed by atoms with Crippen LogP contribution in [0, 0.1) is 0 Å². The highest BCUT2D eigenvalue weighted by Gasteiger charge is 2.23. The molecule has 0 radical (unpaired) electrons. The van der Waals surface area contributed by atoms with Gasteiger partial charge in [0, 0.05) is 0 Å². The number of aliphatic carboxylic acids is 1. The van der Waals surface area contributed by atoms with Gasteiger partial charge in [0.2, 0.25) is 0 Å². The molecule has 112 valence electrons. The number of rotatable bonds is 5. The van der Waals surface area contributed by atoms with Crippen molar-refractivity contribution in [2.45, 2.75) is 18.1 Å². The lowest BCUT2D eigenvalue weighted by atomic mass is 10.3. The van der Waals surface area contributed by atoms with E-state index >= 15 is 0 Å². The average Bonchev–Trinajstić information content (AvgIpc) is 2.92. The number of carbonyl (C=O) groups is 2. The van der Waals surface area contributed by atoms with Crippen LogP contribution in [0.5, 0.6) is 0 Å². The second-order valence-corrected chi connectivity index (χ2v) is 5.94. The molecule has 1 unspecified atom stereocenters. The third-order valence-electron chi connectivity index (χ3n) is 2.73. The number of ether oxygens (including phenoxy) is 1. The Morgan fingerprint density at radius 2 is 2.29 bits per heavy atom. The Bertz CT molecular complexity index is 752. The van der Waals surface area contributed by atoms with Crippen LogP contribution in [0.3, 0.4) is 0 Å². The highest BCUT2D eigenvalue weighted by molar-refractivity contribution is 7.99. The minimum Gasteiger partial charge on any atom is -0.481 e. The lowest BCUT2D eigenvalue weighted by molar-refractivity contribution is -0.144. The highest BCUT2D eigenvalue weighted by atomic mass is 32.2. The maximum Gasteiger partial charge on any atom is 0.328 e. The van der Waals surface area contributed by atoms with Crippen LogP contribution in [0.4, 0.5) is 0 Å². The Morgan fingerprint density at radius 3 is 2.90 bits per heavy atom. The van der Waals surface area contributed by atoms with Crippen molar-refractivity contribution in [3.63, 3.8) is 0 Å². The van der Waals surface area contributed by atoms with E-state index < -0.39 is 18.0 Å². The summed E-state index contributed by atoms with van der Waals surface area (Å²) in [5.41, 5.74) is 0.118. The summed E-state index contributed by atoms with van der Waals surface area (Å²) in [6.07, 6.45) is 0. The monoisotopic (exact) mass is 328 g/mol. The molecule has 0 saturated carbocycles. The SMILES string of the molecule is COC(=O)C(C)n1c(SCC(=O)O)nc2ccsc2c1=O. The minimum atomic E-state index is -1.03. The molecule has 0 aliphatic rings. The Kier molecular flexibility index (Phi) is 4.63. The van der Waals surface area contributed by atoms with E-state index in [0.717, 1.165) is 11.8 Å². The van der Waals surface area contributed by atoms with E-state index in [1.165, 1.54) is 29.9 Å². The number of esters is 1. The molecule has 21 heavy (non-hydrogen) atoms. The van der Waals surface area contributed by atoms with Crippen LogP contribution in [-0.2, 0) is 14.3 Å². The Balaban J connectivity index is 2.59. The molecule has 1 N–H and O–H groups in total. The summed E-state index contributed by atoms with van der Waals surface area (Å²) in [7, 11) is 1.23. The molecule has 0 spiro atoms. The van der Waals surface area contributed by atoms with Gasteiger partial charge in [0.05, 0.1) is 18.4 Å². The highest BCUT2D eigenvalue weighted by Crippen LogP contribution is 2.23. The van der Waals surface area contributed by atoms with Gasteiger partial charge in [-0.1, -0.05) is 11.8 Å². The second kappa shape index (κ2) is 6.27. The molecule has 0 aromatic carbocycles. The number of hydrogen-bond donors (Lipinski definition) is 1. The second-order valence-electron chi connectivity index (χ2n) is 4.09. The first-order valence-corrected chi connectivity index (χ1v) is 7.74. The summed E-state index contributed by atoms with van der Waals surface area (Å²) in [5.74, 6) is -1.88.